The number of aliphatic imine (C=N–C) groups is 1. The van der Waals surface area contributed by atoms with Gasteiger partial charge in [0.25, 0.3) is 0 Å². The van der Waals surface area contributed by atoms with Crippen molar-refractivity contribution in [2.45, 2.75) is 70.6 Å². The molecule has 176 valence electrons. The molecule has 12 nitrogen and oxygen atoms in total. The van der Waals surface area contributed by atoms with Crippen molar-refractivity contribution < 1.29 is 24.3 Å². The van der Waals surface area contributed by atoms with Gasteiger partial charge in [0.05, 0.1) is 6.04 Å². The zero-order valence-electron chi connectivity index (χ0n) is 18.3. The van der Waals surface area contributed by atoms with Crippen LogP contribution in [-0.2, 0) is 19.2 Å². The van der Waals surface area contributed by atoms with Crippen molar-refractivity contribution in [3.8, 4) is 0 Å². The summed E-state index contributed by atoms with van der Waals surface area (Å²) in [5, 5.41) is 14.1. The van der Waals surface area contributed by atoms with Crippen LogP contribution >= 0.6 is 0 Å². The van der Waals surface area contributed by atoms with Gasteiger partial charge in [-0.2, -0.15) is 0 Å². The average Bonchev–Trinajstić information content (AvgIpc) is 3.18. The SMILES string of the molecule is CC(NC(=O)C1CCCN1C(=O)C(CCCN=C(N)N)NC(=O)C(N)C(C)C)C(=O)O. The van der Waals surface area contributed by atoms with Gasteiger partial charge in [0.1, 0.15) is 18.1 Å². The molecule has 9 N–H and O–H groups in total. The number of likely N-dealkylation sites (tertiary alicyclic amines) is 1. The lowest BCUT2D eigenvalue weighted by atomic mass is 10.0. The molecule has 4 atom stereocenters. The molecule has 0 bridgehead atoms. The Bertz CT molecular complexity index is 693. The summed E-state index contributed by atoms with van der Waals surface area (Å²) in [5.74, 6) is -2.79. The molecule has 1 fully saturated rings. The largest absolute Gasteiger partial charge is 0.480 e. The zero-order chi connectivity index (χ0) is 23.7. The van der Waals surface area contributed by atoms with Gasteiger partial charge in [-0.15, -0.1) is 0 Å². The molecule has 1 saturated heterocycles. The van der Waals surface area contributed by atoms with Crippen LogP contribution in [0.4, 0.5) is 0 Å². The molecule has 0 radical (unpaired) electrons. The third kappa shape index (κ3) is 8.04. The summed E-state index contributed by atoms with van der Waals surface area (Å²) in [4.78, 5) is 54.5. The van der Waals surface area contributed by atoms with Crippen molar-refractivity contribution in [2.24, 2.45) is 28.1 Å². The number of nitrogens with one attached hydrogen (secondary N) is 2. The van der Waals surface area contributed by atoms with Crippen LogP contribution in [0, 0.1) is 5.92 Å². The lowest BCUT2D eigenvalue weighted by Crippen LogP contribution is -2.57. The van der Waals surface area contributed by atoms with Crippen molar-refractivity contribution >= 4 is 29.7 Å². The topological polar surface area (TPSA) is 206 Å². The highest BCUT2D eigenvalue weighted by molar-refractivity contribution is 5.94. The zero-order valence-corrected chi connectivity index (χ0v) is 18.3. The fourth-order valence-electron chi connectivity index (χ4n) is 3.21. The monoisotopic (exact) mass is 441 g/mol. The third-order valence-electron chi connectivity index (χ3n) is 5.15. The number of nitrogens with zero attached hydrogens (tertiary/aromatic N) is 2. The highest BCUT2D eigenvalue weighted by atomic mass is 16.4. The molecule has 31 heavy (non-hydrogen) atoms. The van der Waals surface area contributed by atoms with Crippen LogP contribution in [-0.4, -0.2) is 76.9 Å². The van der Waals surface area contributed by atoms with Crippen molar-refractivity contribution in [1.82, 2.24) is 15.5 Å². The van der Waals surface area contributed by atoms with Gasteiger partial charge in [-0.05, 0) is 38.5 Å². The highest BCUT2D eigenvalue weighted by Gasteiger charge is 2.38. The van der Waals surface area contributed by atoms with Crippen LogP contribution < -0.4 is 27.8 Å². The van der Waals surface area contributed by atoms with Crippen LogP contribution in [0.5, 0.6) is 0 Å². The summed E-state index contributed by atoms with van der Waals surface area (Å²) in [5.41, 5.74) is 16.5. The summed E-state index contributed by atoms with van der Waals surface area (Å²) in [6.45, 7) is 5.54. The molecule has 0 aromatic carbocycles. The van der Waals surface area contributed by atoms with Crippen LogP contribution in [0.3, 0.4) is 0 Å². The second-order valence-electron chi connectivity index (χ2n) is 8.04. The molecule has 1 aliphatic rings. The van der Waals surface area contributed by atoms with Crippen LogP contribution in [0.2, 0.25) is 0 Å². The van der Waals surface area contributed by atoms with E-state index >= 15 is 0 Å². The van der Waals surface area contributed by atoms with Gasteiger partial charge in [-0.3, -0.25) is 24.2 Å². The second kappa shape index (κ2) is 12.1. The molecule has 1 heterocycles. The first kappa shape index (κ1) is 26.1. The maximum absolute atomic E-state index is 13.2. The van der Waals surface area contributed by atoms with Gasteiger partial charge < -0.3 is 37.8 Å². The number of carbonyl (C=O) groups is 4. The number of carboxylic acids is 1. The maximum Gasteiger partial charge on any atom is 0.325 e. The standard InChI is InChI=1S/C19H35N7O5/c1-10(2)14(20)16(28)25-12(6-4-8-23-19(21)22)17(29)26-9-5-7-13(26)15(27)24-11(3)18(30)31/h10-14H,4-9,20H2,1-3H3,(H,24,27)(H,25,28)(H,30,31)(H4,21,22,23). The first-order valence-electron chi connectivity index (χ1n) is 10.4. The third-order valence-corrected chi connectivity index (χ3v) is 5.15. The summed E-state index contributed by atoms with van der Waals surface area (Å²) < 4.78 is 0. The van der Waals surface area contributed by atoms with E-state index in [1.807, 2.05) is 0 Å². The van der Waals surface area contributed by atoms with Crippen molar-refractivity contribution in [1.29, 1.82) is 0 Å². The Balaban J connectivity index is 2.94. The molecule has 1 rings (SSSR count). The molecule has 0 aromatic heterocycles. The van der Waals surface area contributed by atoms with Crippen molar-refractivity contribution in [3.63, 3.8) is 0 Å². The Morgan fingerprint density at radius 3 is 2.35 bits per heavy atom. The molecule has 0 aliphatic carbocycles. The second-order valence-corrected chi connectivity index (χ2v) is 8.04. The Kier molecular flexibility index (Phi) is 10.2. The number of hydrogen-bond donors (Lipinski definition) is 6. The van der Waals surface area contributed by atoms with E-state index in [1.165, 1.54) is 11.8 Å². The number of guanidine groups is 1. The molecule has 0 spiro atoms. The van der Waals surface area contributed by atoms with Gasteiger partial charge in [0, 0.05) is 13.1 Å². The molecule has 12 heteroatoms. The molecule has 0 saturated carbocycles. The van der Waals surface area contributed by atoms with E-state index in [1.54, 1.807) is 13.8 Å². The van der Waals surface area contributed by atoms with E-state index in [4.69, 9.17) is 22.3 Å². The number of amides is 3. The number of nitrogens with two attached hydrogens (primary N) is 3. The predicted octanol–water partition coefficient (Wildman–Crippen LogP) is -1.91. The maximum atomic E-state index is 13.2. The van der Waals surface area contributed by atoms with E-state index in [-0.39, 0.29) is 24.8 Å². The molecule has 3 amide bonds. The fraction of sp³-hybridized carbons (Fsp3) is 0.737. The first-order chi connectivity index (χ1) is 14.5. The molecular formula is C19H35N7O5. The Morgan fingerprint density at radius 1 is 1.16 bits per heavy atom. The molecule has 4 unspecified atom stereocenters. The minimum Gasteiger partial charge on any atom is -0.480 e. The van der Waals surface area contributed by atoms with E-state index in [0.717, 1.165) is 0 Å². The first-order valence-corrected chi connectivity index (χ1v) is 10.4. The van der Waals surface area contributed by atoms with E-state index in [9.17, 15) is 19.2 Å². The minimum atomic E-state index is -1.17. The van der Waals surface area contributed by atoms with Crippen LogP contribution in [0.25, 0.3) is 0 Å². The molecule has 1 aliphatic heterocycles. The van der Waals surface area contributed by atoms with E-state index in [0.29, 0.717) is 25.8 Å². The van der Waals surface area contributed by atoms with E-state index < -0.39 is 47.9 Å². The van der Waals surface area contributed by atoms with Gasteiger partial charge >= 0.3 is 5.97 Å². The minimum absolute atomic E-state index is 0.0717. The lowest BCUT2D eigenvalue weighted by molar-refractivity contribution is -0.144. The number of carboxylic acid groups (broad SMARTS) is 1. The van der Waals surface area contributed by atoms with Gasteiger partial charge in [-0.25, -0.2) is 0 Å². The smallest absolute Gasteiger partial charge is 0.325 e. The van der Waals surface area contributed by atoms with Crippen molar-refractivity contribution in [2.75, 3.05) is 13.1 Å². The Hall–Kier alpha value is -2.89. The predicted molar refractivity (Wildman–Crippen MR) is 115 cm³/mol. The number of rotatable bonds is 11. The quantitative estimate of drug-likeness (QED) is 0.121. The number of hydrogen-bond acceptors (Lipinski definition) is 6. The normalized spacial score (nSPS) is 18.7. The number of aliphatic carboxylic acids is 1. The average molecular weight is 442 g/mol. The number of carbonyl (C=O) groups excluding carboxylic acids is 3. The van der Waals surface area contributed by atoms with Gasteiger partial charge in [0.15, 0.2) is 5.96 Å². The Labute approximate surface area is 182 Å². The van der Waals surface area contributed by atoms with Gasteiger partial charge in [-0.1, -0.05) is 13.8 Å². The fourth-order valence-corrected chi connectivity index (χ4v) is 3.21. The Morgan fingerprint density at radius 2 is 1.81 bits per heavy atom. The summed E-state index contributed by atoms with van der Waals surface area (Å²) in [6, 6.07) is -3.58. The van der Waals surface area contributed by atoms with Crippen molar-refractivity contribution in [3.05, 3.63) is 0 Å². The van der Waals surface area contributed by atoms with Crippen LogP contribution in [0.15, 0.2) is 4.99 Å². The highest BCUT2D eigenvalue weighted by Crippen LogP contribution is 2.20. The summed E-state index contributed by atoms with van der Waals surface area (Å²) in [6.07, 6.45) is 1.67. The van der Waals surface area contributed by atoms with Gasteiger partial charge in [0.2, 0.25) is 17.7 Å². The summed E-state index contributed by atoms with van der Waals surface area (Å²) in [7, 11) is 0. The molecular weight excluding hydrogens is 406 g/mol. The molecule has 0 aromatic rings. The lowest BCUT2D eigenvalue weighted by Gasteiger charge is -2.30. The van der Waals surface area contributed by atoms with Crippen LogP contribution in [0.1, 0.15) is 46.5 Å². The summed E-state index contributed by atoms with van der Waals surface area (Å²) >= 11 is 0. The van der Waals surface area contributed by atoms with E-state index in [2.05, 4.69) is 15.6 Å².